The fraction of sp³-hybridized carbons (Fsp3) is 0.286. The van der Waals surface area contributed by atoms with Gasteiger partial charge in [-0.2, -0.15) is 0 Å². The molecule has 3 nitrogen and oxygen atoms in total. The second-order valence-corrected chi connectivity index (χ2v) is 4.57. The molecule has 0 amide bonds. The maximum Gasteiger partial charge on any atom is 0.147 e. The molecule has 0 saturated heterocycles. The van der Waals surface area contributed by atoms with Gasteiger partial charge < -0.3 is 4.90 Å². The molecular weight excluding hydrogens is 246 g/mol. The van der Waals surface area contributed by atoms with E-state index >= 15 is 0 Å². The first-order valence-electron chi connectivity index (χ1n) is 5.97. The molecule has 1 aromatic heterocycles. The standard InChI is InChI=1S/C14H16ClN3/c1-3-18(13-6-4-11(2)5-7-13)10-12-8-17-14(15)9-16-12/h4-9H,3,10H2,1-2H3. The molecule has 0 aliphatic rings. The quantitative estimate of drug-likeness (QED) is 0.844. The van der Waals surface area contributed by atoms with Gasteiger partial charge in [-0.25, -0.2) is 4.98 Å². The van der Waals surface area contributed by atoms with Gasteiger partial charge in [0.15, 0.2) is 0 Å². The zero-order valence-corrected chi connectivity index (χ0v) is 11.4. The van der Waals surface area contributed by atoms with E-state index in [9.17, 15) is 0 Å². The summed E-state index contributed by atoms with van der Waals surface area (Å²) in [5.74, 6) is 0. The Bertz CT molecular complexity index is 493. The molecule has 0 atom stereocenters. The van der Waals surface area contributed by atoms with Crippen molar-refractivity contribution in [3.8, 4) is 0 Å². The minimum atomic E-state index is 0.428. The average molecular weight is 262 g/mol. The molecule has 18 heavy (non-hydrogen) atoms. The monoisotopic (exact) mass is 261 g/mol. The molecule has 1 aromatic carbocycles. The fourth-order valence-electron chi connectivity index (χ4n) is 1.76. The van der Waals surface area contributed by atoms with Crippen molar-refractivity contribution in [2.75, 3.05) is 11.4 Å². The Hall–Kier alpha value is -1.61. The van der Waals surface area contributed by atoms with Crippen LogP contribution < -0.4 is 4.90 Å². The topological polar surface area (TPSA) is 29.0 Å². The second-order valence-electron chi connectivity index (χ2n) is 4.18. The highest BCUT2D eigenvalue weighted by Gasteiger charge is 2.06. The lowest BCUT2D eigenvalue weighted by atomic mass is 10.2. The molecule has 0 unspecified atom stereocenters. The molecular formula is C14H16ClN3. The van der Waals surface area contributed by atoms with E-state index in [1.165, 1.54) is 11.3 Å². The van der Waals surface area contributed by atoms with E-state index in [1.807, 2.05) is 0 Å². The van der Waals surface area contributed by atoms with Crippen LogP contribution in [0.4, 0.5) is 5.69 Å². The lowest BCUT2D eigenvalue weighted by Crippen LogP contribution is -2.22. The van der Waals surface area contributed by atoms with Crippen LogP contribution in [-0.4, -0.2) is 16.5 Å². The summed E-state index contributed by atoms with van der Waals surface area (Å²) in [6.45, 7) is 5.88. The molecule has 0 bridgehead atoms. The van der Waals surface area contributed by atoms with Crippen LogP contribution in [0.2, 0.25) is 5.15 Å². The average Bonchev–Trinajstić information content (AvgIpc) is 2.39. The van der Waals surface area contributed by atoms with E-state index in [2.05, 4.69) is 53.0 Å². The molecule has 2 aromatic rings. The maximum absolute atomic E-state index is 5.73. The summed E-state index contributed by atoms with van der Waals surface area (Å²) in [7, 11) is 0. The summed E-state index contributed by atoms with van der Waals surface area (Å²) in [5, 5.41) is 0.428. The Balaban J connectivity index is 2.14. The molecule has 0 aliphatic carbocycles. The zero-order chi connectivity index (χ0) is 13.0. The van der Waals surface area contributed by atoms with Crippen LogP contribution in [0.3, 0.4) is 0 Å². The summed E-state index contributed by atoms with van der Waals surface area (Å²) in [6.07, 6.45) is 3.30. The van der Waals surface area contributed by atoms with Crippen molar-refractivity contribution in [1.82, 2.24) is 9.97 Å². The number of hydrogen-bond acceptors (Lipinski definition) is 3. The highest BCUT2D eigenvalue weighted by molar-refractivity contribution is 6.29. The number of aryl methyl sites for hydroxylation is 1. The molecule has 0 spiro atoms. The van der Waals surface area contributed by atoms with Crippen molar-refractivity contribution in [3.63, 3.8) is 0 Å². The third-order valence-corrected chi connectivity index (χ3v) is 3.00. The van der Waals surface area contributed by atoms with Crippen molar-refractivity contribution in [2.45, 2.75) is 20.4 Å². The highest BCUT2D eigenvalue weighted by atomic mass is 35.5. The lowest BCUT2D eigenvalue weighted by Gasteiger charge is -2.22. The molecule has 0 fully saturated rings. The Morgan fingerprint density at radius 1 is 1.11 bits per heavy atom. The highest BCUT2D eigenvalue weighted by Crippen LogP contribution is 2.17. The third kappa shape index (κ3) is 3.20. The predicted octanol–water partition coefficient (Wildman–Crippen LogP) is 3.46. The summed E-state index contributed by atoms with van der Waals surface area (Å²) >= 11 is 5.73. The maximum atomic E-state index is 5.73. The molecule has 1 heterocycles. The van der Waals surface area contributed by atoms with E-state index in [4.69, 9.17) is 11.6 Å². The molecule has 0 saturated carbocycles. The summed E-state index contributed by atoms with van der Waals surface area (Å²) in [5.41, 5.74) is 3.38. The van der Waals surface area contributed by atoms with Gasteiger partial charge >= 0.3 is 0 Å². The van der Waals surface area contributed by atoms with Crippen molar-refractivity contribution in [3.05, 3.63) is 53.1 Å². The SMILES string of the molecule is CCN(Cc1cnc(Cl)cn1)c1ccc(C)cc1. The second kappa shape index (κ2) is 5.83. The van der Waals surface area contributed by atoms with Crippen molar-refractivity contribution < 1.29 is 0 Å². The van der Waals surface area contributed by atoms with Gasteiger partial charge in [0.25, 0.3) is 0 Å². The summed E-state index contributed by atoms with van der Waals surface area (Å²) in [4.78, 5) is 10.6. The van der Waals surface area contributed by atoms with Crippen LogP contribution in [0.15, 0.2) is 36.7 Å². The van der Waals surface area contributed by atoms with Gasteiger partial charge in [0.2, 0.25) is 0 Å². The normalized spacial score (nSPS) is 10.4. The van der Waals surface area contributed by atoms with Gasteiger partial charge in [-0.15, -0.1) is 0 Å². The number of aromatic nitrogens is 2. The van der Waals surface area contributed by atoms with Crippen LogP contribution in [0.1, 0.15) is 18.2 Å². The smallest absolute Gasteiger partial charge is 0.147 e. The molecule has 0 radical (unpaired) electrons. The molecule has 4 heteroatoms. The molecule has 2 rings (SSSR count). The third-order valence-electron chi connectivity index (χ3n) is 2.81. The first-order chi connectivity index (χ1) is 8.69. The fourth-order valence-corrected chi connectivity index (χ4v) is 1.86. The largest absolute Gasteiger partial charge is 0.366 e. The van der Waals surface area contributed by atoms with E-state index in [0.717, 1.165) is 18.8 Å². The van der Waals surface area contributed by atoms with E-state index in [0.29, 0.717) is 5.15 Å². The molecule has 0 aliphatic heterocycles. The van der Waals surface area contributed by atoms with E-state index in [1.54, 1.807) is 12.4 Å². The molecule has 94 valence electrons. The van der Waals surface area contributed by atoms with Crippen molar-refractivity contribution in [1.29, 1.82) is 0 Å². The number of benzene rings is 1. The number of nitrogens with zero attached hydrogens (tertiary/aromatic N) is 3. The van der Waals surface area contributed by atoms with Gasteiger partial charge in [0.05, 0.1) is 24.6 Å². The first-order valence-corrected chi connectivity index (χ1v) is 6.35. The van der Waals surface area contributed by atoms with Gasteiger partial charge in [0, 0.05) is 12.2 Å². The summed E-state index contributed by atoms with van der Waals surface area (Å²) in [6, 6.07) is 8.49. The number of halogens is 1. The number of hydrogen-bond donors (Lipinski definition) is 0. The van der Waals surface area contributed by atoms with Crippen molar-refractivity contribution >= 4 is 17.3 Å². The van der Waals surface area contributed by atoms with Gasteiger partial charge in [0.1, 0.15) is 5.15 Å². The first kappa shape index (κ1) is 12.8. The Morgan fingerprint density at radius 2 is 1.83 bits per heavy atom. The van der Waals surface area contributed by atoms with Crippen LogP contribution in [0, 0.1) is 6.92 Å². The van der Waals surface area contributed by atoms with E-state index in [-0.39, 0.29) is 0 Å². The van der Waals surface area contributed by atoms with Crippen LogP contribution >= 0.6 is 11.6 Å². The van der Waals surface area contributed by atoms with Crippen molar-refractivity contribution in [2.24, 2.45) is 0 Å². The van der Waals surface area contributed by atoms with Crippen LogP contribution in [0.5, 0.6) is 0 Å². The van der Waals surface area contributed by atoms with Crippen LogP contribution in [-0.2, 0) is 6.54 Å². The zero-order valence-electron chi connectivity index (χ0n) is 10.6. The van der Waals surface area contributed by atoms with Gasteiger partial charge in [-0.3, -0.25) is 4.98 Å². The minimum absolute atomic E-state index is 0.428. The Kier molecular flexibility index (Phi) is 4.15. The van der Waals surface area contributed by atoms with Gasteiger partial charge in [-0.05, 0) is 26.0 Å². The number of rotatable bonds is 4. The van der Waals surface area contributed by atoms with Gasteiger partial charge in [-0.1, -0.05) is 29.3 Å². The predicted molar refractivity (Wildman–Crippen MR) is 74.9 cm³/mol. The minimum Gasteiger partial charge on any atom is -0.366 e. The summed E-state index contributed by atoms with van der Waals surface area (Å²) < 4.78 is 0. The molecule has 0 N–H and O–H groups in total. The Labute approximate surface area is 112 Å². The van der Waals surface area contributed by atoms with Crippen LogP contribution in [0.25, 0.3) is 0 Å². The van der Waals surface area contributed by atoms with E-state index < -0.39 is 0 Å². The Morgan fingerprint density at radius 3 is 2.39 bits per heavy atom. The number of anilines is 1. The lowest BCUT2D eigenvalue weighted by molar-refractivity contribution is 0.803.